The van der Waals surface area contributed by atoms with Crippen molar-refractivity contribution in [1.82, 2.24) is 9.89 Å². The average molecular weight is 194 g/mol. The number of unbranched alkanes of at least 4 members (excludes halogenated alkanes) is 2. The van der Waals surface area contributed by atoms with Crippen LogP contribution in [0.4, 0.5) is 0 Å². The molecule has 1 aromatic rings. The molecular weight excluding hydrogens is 176 g/mol. The summed E-state index contributed by atoms with van der Waals surface area (Å²) in [5, 5.41) is 12.3. The smallest absolute Gasteiger partial charge is 0.0635 e. The zero-order valence-electron chi connectivity index (χ0n) is 9.19. The van der Waals surface area contributed by atoms with Crippen LogP contribution in [0.3, 0.4) is 0 Å². The van der Waals surface area contributed by atoms with E-state index in [0.29, 0.717) is 0 Å². The number of aromatic nitrogens is 2. The van der Waals surface area contributed by atoms with E-state index >= 15 is 0 Å². The second-order valence-electron chi connectivity index (χ2n) is 3.48. The average Bonchev–Trinajstić information content (AvgIpc) is 2.45. The molecule has 4 nitrogen and oxygen atoms in total. The lowest BCUT2D eigenvalue weighted by Crippen LogP contribution is -1.93. The minimum absolute atomic E-state index is 0.798. The van der Waals surface area contributed by atoms with E-state index in [4.69, 9.17) is 0 Å². The fourth-order valence-electron chi connectivity index (χ4n) is 1.24. The quantitative estimate of drug-likeness (QED) is 0.525. The Morgan fingerprint density at radius 1 is 1.36 bits per heavy atom. The van der Waals surface area contributed by atoms with Gasteiger partial charge in [-0.25, -0.2) is 0 Å². The van der Waals surface area contributed by atoms with E-state index in [-0.39, 0.29) is 0 Å². The topological polar surface area (TPSA) is 42.5 Å². The molecule has 1 heterocycles. The Morgan fingerprint density at radius 2 is 2.14 bits per heavy atom. The highest BCUT2D eigenvalue weighted by Gasteiger charge is 1.97. The minimum Gasteiger partial charge on any atom is -0.169 e. The van der Waals surface area contributed by atoms with Crippen LogP contribution in [0.15, 0.2) is 16.4 Å². The van der Waals surface area contributed by atoms with E-state index in [1.54, 1.807) is 4.79 Å². The van der Waals surface area contributed by atoms with E-state index in [2.05, 4.69) is 22.4 Å². The van der Waals surface area contributed by atoms with Crippen molar-refractivity contribution in [2.24, 2.45) is 10.3 Å². The standard InChI is InChI=1S/C10H18N4/c1-4-5-6-7-11-13-14-10(3)8-9(2)12-14/h8H,4-7H2,1-3H3. The Kier molecular flexibility index (Phi) is 4.29. The molecule has 0 saturated carbocycles. The normalized spacial score (nSPS) is 11.4. The van der Waals surface area contributed by atoms with Crippen molar-refractivity contribution in [2.45, 2.75) is 40.0 Å². The van der Waals surface area contributed by atoms with Crippen LogP contribution in [0.1, 0.15) is 37.6 Å². The van der Waals surface area contributed by atoms with Crippen LogP contribution in [-0.2, 0) is 0 Å². The summed E-state index contributed by atoms with van der Waals surface area (Å²) in [5.41, 5.74) is 2.01. The van der Waals surface area contributed by atoms with E-state index in [0.717, 1.165) is 24.4 Å². The summed E-state index contributed by atoms with van der Waals surface area (Å²) < 4.78 is 0. The second kappa shape index (κ2) is 5.52. The van der Waals surface area contributed by atoms with Crippen LogP contribution in [0.2, 0.25) is 0 Å². The molecule has 0 radical (unpaired) electrons. The van der Waals surface area contributed by atoms with Crippen molar-refractivity contribution in [3.63, 3.8) is 0 Å². The van der Waals surface area contributed by atoms with Crippen molar-refractivity contribution in [1.29, 1.82) is 0 Å². The highest BCUT2D eigenvalue weighted by Crippen LogP contribution is 2.01. The predicted octanol–water partition coefficient (Wildman–Crippen LogP) is 2.91. The van der Waals surface area contributed by atoms with Crippen molar-refractivity contribution in [2.75, 3.05) is 6.54 Å². The number of aryl methyl sites for hydroxylation is 2. The first-order valence-corrected chi connectivity index (χ1v) is 5.15. The molecule has 0 atom stereocenters. The van der Waals surface area contributed by atoms with Crippen molar-refractivity contribution < 1.29 is 0 Å². The van der Waals surface area contributed by atoms with Crippen LogP contribution in [0.25, 0.3) is 0 Å². The van der Waals surface area contributed by atoms with Crippen LogP contribution in [0, 0.1) is 13.8 Å². The number of nitrogens with zero attached hydrogens (tertiary/aromatic N) is 4. The van der Waals surface area contributed by atoms with Gasteiger partial charge in [0.2, 0.25) is 0 Å². The van der Waals surface area contributed by atoms with Gasteiger partial charge in [-0.05, 0) is 31.6 Å². The van der Waals surface area contributed by atoms with Crippen LogP contribution < -0.4 is 0 Å². The Balaban J connectivity index is 2.39. The number of rotatable bonds is 5. The lowest BCUT2D eigenvalue weighted by atomic mass is 10.3. The van der Waals surface area contributed by atoms with Crippen LogP contribution in [-0.4, -0.2) is 16.4 Å². The van der Waals surface area contributed by atoms with Crippen molar-refractivity contribution in [3.8, 4) is 0 Å². The van der Waals surface area contributed by atoms with Crippen molar-refractivity contribution in [3.05, 3.63) is 17.5 Å². The molecule has 0 bridgehead atoms. The van der Waals surface area contributed by atoms with Gasteiger partial charge < -0.3 is 0 Å². The van der Waals surface area contributed by atoms with Crippen LogP contribution >= 0.6 is 0 Å². The van der Waals surface area contributed by atoms with E-state index in [1.807, 2.05) is 19.9 Å². The summed E-state index contributed by atoms with van der Waals surface area (Å²) in [6.45, 7) is 6.91. The molecule has 0 spiro atoms. The summed E-state index contributed by atoms with van der Waals surface area (Å²) >= 11 is 0. The highest BCUT2D eigenvalue weighted by molar-refractivity contribution is 5.05. The fraction of sp³-hybridized carbons (Fsp3) is 0.700. The third-order valence-corrected chi connectivity index (χ3v) is 2.00. The Hall–Kier alpha value is -1.19. The molecule has 4 heteroatoms. The van der Waals surface area contributed by atoms with E-state index < -0.39 is 0 Å². The largest absolute Gasteiger partial charge is 0.169 e. The molecule has 0 saturated heterocycles. The molecule has 0 N–H and O–H groups in total. The first kappa shape index (κ1) is 10.9. The molecular formula is C10H18N4. The van der Waals surface area contributed by atoms with Gasteiger partial charge in [0.1, 0.15) is 0 Å². The fourth-order valence-corrected chi connectivity index (χ4v) is 1.24. The summed E-state index contributed by atoms with van der Waals surface area (Å²) in [7, 11) is 0. The minimum atomic E-state index is 0.798. The van der Waals surface area contributed by atoms with E-state index in [1.165, 1.54) is 12.8 Å². The van der Waals surface area contributed by atoms with Gasteiger partial charge in [-0.3, -0.25) is 0 Å². The molecule has 1 aromatic heterocycles. The van der Waals surface area contributed by atoms with Gasteiger partial charge in [-0.1, -0.05) is 19.8 Å². The molecule has 0 fully saturated rings. The summed E-state index contributed by atoms with van der Waals surface area (Å²) in [6, 6.07) is 1.99. The lowest BCUT2D eigenvalue weighted by molar-refractivity contribution is 0.619. The zero-order chi connectivity index (χ0) is 10.4. The third kappa shape index (κ3) is 3.28. The predicted molar refractivity (Wildman–Crippen MR) is 56.3 cm³/mol. The first-order chi connectivity index (χ1) is 6.74. The molecule has 0 aromatic carbocycles. The lowest BCUT2D eigenvalue weighted by Gasteiger charge is -1.93. The molecule has 0 aliphatic rings. The van der Waals surface area contributed by atoms with Crippen LogP contribution in [0.5, 0.6) is 0 Å². The number of hydrogen-bond acceptors (Lipinski definition) is 3. The Bertz CT molecular complexity index is 301. The van der Waals surface area contributed by atoms with Crippen molar-refractivity contribution >= 4 is 0 Å². The van der Waals surface area contributed by atoms with Gasteiger partial charge in [0.05, 0.1) is 17.9 Å². The van der Waals surface area contributed by atoms with E-state index in [9.17, 15) is 0 Å². The monoisotopic (exact) mass is 194 g/mol. The Morgan fingerprint density at radius 3 is 2.71 bits per heavy atom. The molecule has 1 rings (SSSR count). The molecule has 0 aliphatic heterocycles. The molecule has 0 unspecified atom stereocenters. The van der Waals surface area contributed by atoms with Gasteiger partial charge >= 0.3 is 0 Å². The maximum atomic E-state index is 4.18. The maximum absolute atomic E-state index is 4.18. The molecule has 14 heavy (non-hydrogen) atoms. The zero-order valence-corrected chi connectivity index (χ0v) is 9.19. The van der Waals surface area contributed by atoms with Gasteiger partial charge in [0, 0.05) is 0 Å². The van der Waals surface area contributed by atoms with Gasteiger partial charge in [0.15, 0.2) is 0 Å². The van der Waals surface area contributed by atoms with Gasteiger partial charge in [-0.15, -0.1) is 4.79 Å². The molecule has 0 aliphatic carbocycles. The SMILES string of the molecule is CCCCCN=Nn1nc(C)cc1C. The molecule has 78 valence electrons. The highest BCUT2D eigenvalue weighted by atomic mass is 15.6. The first-order valence-electron chi connectivity index (χ1n) is 5.15. The third-order valence-electron chi connectivity index (χ3n) is 2.00. The second-order valence-corrected chi connectivity index (χ2v) is 3.48. The number of hydrogen-bond donors (Lipinski definition) is 0. The summed E-state index contributed by atoms with van der Waals surface area (Å²) in [5.74, 6) is 0. The molecule has 0 amide bonds. The maximum Gasteiger partial charge on any atom is 0.0635 e. The Labute approximate surface area is 85.0 Å². The summed E-state index contributed by atoms with van der Waals surface area (Å²) in [6.07, 6.45) is 3.55. The summed E-state index contributed by atoms with van der Waals surface area (Å²) in [4.78, 5) is 1.58. The van der Waals surface area contributed by atoms with Gasteiger partial charge in [0.25, 0.3) is 0 Å². The van der Waals surface area contributed by atoms with Gasteiger partial charge in [-0.2, -0.15) is 10.2 Å².